The summed E-state index contributed by atoms with van der Waals surface area (Å²) in [7, 11) is 0. The van der Waals surface area contributed by atoms with E-state index in [4.69, 9.17) is 61.6 Å². The van der Waals surface area contributed by atoms with E-state index in [1.807, 2.05) is 0 Å². The first-order valence-corrected chi connectivity index (χ1v) is 26.6. The van der Waals surface area contributed by atoms with Crippen LogP contribution in [0.1, 0.15) is 13.8 Å². The Morgan fingerprint density at radius 3 is 0.869 bits per heavy atom. The highest BCUT2D eigenvalue weighted by atomic mass is 16.8. The molecule has 84 heavy (non-hydrogen) atoms. The fourth-order valence-corrected chi connectivity index (χ4v) is 10.8. The van der Waals surface area contributed by atoms with Crippen LogP contribution < -0.4 is 10.6 Å². The number of aliphatic hydroxyl groups excluding tert-OH is 21. The van der Waals surface area contributed by atoms with Crippen LogP contribution in [0.5, 0.6) is 0 Å². The molecule has 7 saturated heterocycles. The highest BCUT2D eigenvalue weighted by Crippen LogP contribution is 2.38. The molecule has 38 heteroatoms. The number of aliphatic hydroxyl groups is 21. The summed E-state index contributed by atoms with van der Waals surface area (Å²) < 4.78 is 74.0. The van der Waals surface area contributed by atoms with Crippen LogP contribution >= 0.6 is 0 Å². The molecule has 7 heterocycles. The van der Waals surface area contributed by atoms with Gasteiger partial charge in [-0.3, -0.25) is 9.59 Å². The summed E-state index contributed by atoms with van der Waals surface area (Å²) >= 11 is 0. The Morgan fingerprint density at radius 2 is 0.548 bits per heavy atom. The van der Waals surface area contributed by atoms with E-state index < -0.39 is 273 Å². The maximum absolute atomic E-state index is 12.7. The van der Waals surface area contributed by atoms with Crippen molar-refractivity contribution in [3.05, 3.63) is 0 Å². The molecule has 0 saturated carbocycles. The third kappa shape index (κ3) is 14.6. The van der Waals surface area contributed by atoms with Gasteiger partial charge in [0.2, 0.25) is 11.8 Å². The van der Waals surface area contributed by atoms with Crippen LogP contribution in [0.2, 0.25) is 0 Å². The summed E-state index contributed by atoms with van der Waals surface area (Å²) in [6, 6.07) is -3.68. The van der Waals surface area contributed by atoms with Gasteiger partial charge in [-0.1, -0.05) is 0 Å². The predicted molar refractivity (Wildman–Crippen MR) is 255 cm³/mol. The number of amides is 2. The third-order valence-corrected chi connectivity index (χ3v) is 15.3. The molecular formula is C46H78N2O36. The maximum atomic E-state index is 12.7. The zero-order valence-electron chi connectivity index (χ0n) is 44.7. The summed E-state index contributed by atoms with van der Waals surface area (Å²) in [5.41, 5.74) is 0. The molecule has 7 aliphatic rings. The van der Waals surface area contributed by atoms with Gasteiger partial charge < -0.3 is 179 Å². The number of ether oxygens (including phenoxy) is 13. The minimum Gasteiger partial charge on any atom is -0.394 e. The van der Waals surface area contributed by atoms with Gasteiger partial charge in [0, 0.05) is 13.8 Å². The number of hydrogen-bond donors (Lipinski definition) is 23. The van der Waals surface area contributed by atoms with Crippen molar-refractivity contribution >= 4 is 11.8 Å². The van der Waals surface area contributed by atoms with Gasteiger partial charge >= 0.3 is 0 Å². The first-order chi connectivity index (χ1) is 39.8. The van der Waals surface area contributed by atoms with Gasteiger partial charge in [0.05, 0.1) is 46.2 Å². The Kier molecular flexibility index (Phi) is 24.6. The minimum atomic E-state index is -2.28. The van der Waals surface area contributed by atoms with Gasteiger partial charge in [0.1, 0.15) is 171 Å². The molecule has 35 atom stereocenters. The molecule has 2 amide bonds. The second-order valence-electron chi connectivity index (χ2n) is 21.0. The molecule has 0 spiro atoms. The highest BCUT2D eigenvalue weighted by Gasteiger charge is 2.59. The monoisotopic (exact) mass is 1230 g/mol. The molecule has 7 fully saturated rings. The lowest BCUT2D eigenvalue weighted by Gasteiger charge is -2.51. The van der Waals surface area contributed by atoms with Gasteiger partial charge in [-0.2, -0.15) is 0 Å². The van der Waals surface area contributed by atoms with Crippen LogP contribution in [-0.2, 0) is 71.2 Å². The molecule has 0 aromatic carbocycles. The normalized spacial score (nSPS) is 50.3. The first kappa shape index (κ1) is 69.1. The lowest BCUT2D eigenvalue weighted by Crippen LogP contribution is -2.71. The Bertz CT molecular complexity index is 2060. The Balaban J connectivity index is 1.08. The lowest BCUT2D eigenvalue weighted by molar-refractivity contribution is -0.389. The molecule has 0 aromatic rings. The predicted octanol–water partition coefficient (Wildman–Crippen LogP) is -16.0. The van der Waals surface area contributed by atoms with Crippen molar-refractivity contribution in [2.45, 2.75) is 229 Å². The maximum Gasteiger partial charge on any atom is 0.217 e. The average Bonchev–Trinajstić information content (AvgIpc) is 1.72. The second-order valence-corrected chi connectivity index (χ2v) is 21.0. The zero-order valence-corrected chi connectivity index (χ0v) is 44.7. The van der Waals surface area contributed by atoms with Crippen molar-refractivity contribution in [2.24, 2.45) is 0 Å². The molecule has 488 valence electrons. The summed E-state index contributed by atoms with van der Waals surface area (Å²) in [5.74, 6) is -1.77. The Labute approximate surface area is 475 Å². The molecule has 0 aliphatic carbocycles. The van der Waals surface area contributed by atoms with Crippen molar-refractivity contribution in [2.75, 3.05) is 46.2 Å². The average molecular weight is 1240 g/mol. The third-order valence-electron chi connectivity index (χ3n) is 15.3. The molecule has 38 nitrogen and oxygen atoms in total. The number of carbonyl (C=O) groups excluding carboxylic acids is 2. The van der Waals surface area contributed by atoms with E-state index in [1.165, 1.54) is 0 Å². The zero-order chi connectivity index (χ0) is 61.9. The summed E-state index contributed by atoms with van der Waals surface area (Å²) in [6.45, 7) is -5.09. The van der Waals surface area contributed by atoms with E-state index >= 15 is 0 Å². The van der Waals surface area contributed by atoms with Crippen molar-refractivity contribution < 1.29 is 178 Å². The van der Waals surface area contributed by atoms with E-state index in [1.54, 1.807) is 0 Å². The topological polar surface area (TPSA) is 603 Å². The van der Waals surface area contributed by atoms with Crippen LogP contribution in [0.4, 0.5) is 0 Å². The van der Waals surface area contributed by atoms with E-state index in [0.717, 1.165) is 13.8 Å². The van der Waals surface area contributed by atoms with Gasteiger partial charge in [-0.05, 0) is 0 Å². The van der Waals surface area contributed by atoms with Gasteiger partial charge in [-0.15, -0.1) is 0 Å². The van der Waals surface area contributed by atoms with Crippen molar-refractivity contribution in [3.8, 4) is 0 Å². The number of carbonyl (C=O) groups is 2. The molecule has 0 radical (unpaired) electrons. The van der Waals surface area contributed by atoms with E-state index in [0.29, 0.717) is 0 Å². The van der Waals surface area contributed by atoms with Crippen molar-refractivity contribution in [3.63, 3.8) is 0 Å². The molecule has 7 aliphatic heterocycles. The van der Waals surface area contributed by atoms with Gasteiger partial charge in [0.15, 0.2) is 44.0 Å². The van der Waals surface area contributed by atoms with E-state index in [9.17, 15) is 117 Å². The van der Waals surface area contributed by atoms with Crippen molar-refractivity contribution in [1.29, 1.82) is 0 Å². The summed E-state index contributed by atoms with van der Waals surface area (Å²) in [4.78, 5) is 25.4. The standard InChI is InChI=1S/C46H78N2O36/c1-10(56)47-19-25(62)34(17(8-54)77-42(19)83-38-23(60)14(5-51)76-46(32(38)69)81-36-16(7-53)72-40(71)29(66)28(36)65)79-44-31(68)37(22(59)13(4-50)74-44)82-41-20(48-11(2)57)26(63)35(18(9-55)78-41)80-45-33(70)39(24(61)15(6-52)75-45)84-43-30(67)27(64)21(58)12(3-49)73-43/h12-46,49-55,58-71H,3-9H2,1-2H3,(H,47,56)(H,48,57)/t12-,13-,14-,15-,16-,17-,18-,19-,20-,21+,22+,23+,24+,25-,26-,27+,28-,29-,30-,31-,32-,33-,34-,35-,36-,37+,38+,39+,40-,41+,42+,43-,44+,45+,46+/m1/s1. The minimum absolute atomic E-state index is 0.884. The fourth-order valence-electron chi connectivity index (χ4n) is 10.8. The largest absolute Gasteiger partial charge is 0.394 e. The van der Waals surface area contributed by atoms with Crippen LogP contribution in [0.15, 0.2) is 0 Å². The van der Waals surface area contributed by atoms with Crippen molar-refractivity contribution in [1.82, 2.24) is 10.6 Å². The van der Waals surface area contributed by atoms with E-state index in [-0.39, 0.29) is 0 Å². The number of hydrogen-bond acceptors (Lipinski definition) is 36. The van der Waals surface area contributed by atoms with Gasteiger partial charge in [-0.25, -0.2) is 0 Å². The summed E-state index contributed by atoms with van der Waals surface area (Å²) in [6.07, 6.45) is -64.2. The van der Waals surface area contributed by atoms with Crippen LogP contribution in [0, 0.1) is 0 Å². The van der Waals surface area contributed by atoms with E-state index in [2.05, 4.69) is 10.6 Å². The molecule has 23 N–H and O–H groups in total. The quantitative estimate of drug-likeness (QED) is 0.0507. The Morgan fingerprint density at radius 1 is 0.286 bits per heavy atom. The Hall–Kier alpha value is -2.42. The second kappa shape index (κ2) is 29.9. The molecule has 7 rings (SSSR count). The molecule has 0 bridgehead atoms. The van der Waals surface area contributed by atoms with Gasteiger partial charge in [0.25, 0.3) is 0 Å². The molecular weight excluding hydrogens is 1160 g/mol. The number of nitrogens with one attached hydrogen (secondary N) is 2. The SMILES string of the molecule is CC(=O)N[C@H]1[C@H](O[C@H]2[C@@H](O)[C@@H](CO)O[C@@H](O[C@H]3[C@H](O)[C@@H](O)[C@H](O)O[C@@H]3CO)[C@@H]2O)O[C@H](CO)[C@@H](O[C@@H]2O[C@H](CO)[C@H](O)[C@H](O[C@@H]3O[C@H](CO)[C@@H](O[C@@H]4O[C@H](CO)[C@H](O)[C@H](O[C@H]5O[C@H](CO)[C@H](O)[C@H](O)[C@H]5O)[C@H]4O)[C@H](O)[C@H]3NC(C)=O)[C@H]2O)[C@@H]1O. The number of rotatable bonds is 21. The van der Waals surface area contributed by atoms with Crippen LogP contribution in [0.25, 0.3) is 0 Å². The molecule has 0 aromatic heterocycles. The lowest BCUT2D eigenvalue weighted by atomic mass is 9.93. The smallest absolute Gasteiger partial charge is 0.217 e. The highest BCUT2D eigenvalue weighted by molar-refractivity contribution is 5.73. The van der Waals surface area contributed by atoms with Crippen LogP contribution in [0.3, 0.4) is 0 Å². The summed E-state index contributed by atoms with van der Waals surface area (Å²) in [5, 5.41) is 230. The first-order valence-electron chi connectivity index (χ1n) is 26.6. The molecule has 0 unspecified atom stereocenters. The van der Waals surface area contributed by atoms with Crippen LogP contribution in [-0.4, -0.2) is 380 Å². The fraction of sp³-hybridized carbons (Fsp3) is 0.957.